The third-order valence-corrected chi connectivity index (χ3v) is 3.22. The molecule has 3 N–H and O–H groups in total. The van der Waals surface area contributed by atoms with Gasteiger partial charge in [-0.1, -0.05) is 34.8 Å². The van der Waals surface area contributed by atoms with Crippen molar-refractivity contribution in [3.8, 4) is 11.6 Å². The van der Waals surface area contributed by atoms with Crippen molar-refractivity contribution in [2.45, 2.75) is 0 Å². The maximum Gasteiger partial charge on any atom is 0.271 e. The first-order valence-electron chi connectivity index (χ1n) is 5.37. The number of aromatic nitrogens is 1. The van der Waals surface area contributed by atoms with Crippen LogP contribution in [-0.4, -0.2) is 9.91 Å². The summed E-state index contributed by atoms with van der Waals surface area (Å²) in [5.41, 5.74) is 2.12. The van der Waals surface area contributed by atoms with E-state index in [1.807, 2.05) is 0 Å². The summed E-state index contributed by atoms with van der Waals surface area (Å²) < 4.78 is 5.42. The van der Waals surface area contributed by atoms with Crippen molar-refractivity contribution in [2.75, 3.05) is 5.43 Å². The van der Waals surface area contributed by atoms with Gasteiger partial charge in [0.15, 0.2) is 5.82 Å². The zero-order valence-corrected chi connectivity index (χ0v) is 12.4. The van der Waals surface area contributed by atoms with Gasteiger partial charge in [0, 0.05) is 12.1 Å². The Kier molecular flexibility index (Phi) is 4.69. The van der Waals surface area contributed by atoms with Crippen LogP contribution in [0.2, 0.25) is 15.1 Å². The fourth-order valence-electron chi connectivity index (χ4n) is 1.41. The number of nitrogens with two attached hydrogens (primary N) is 1. The van der Waals surface area contributed by atoms with E-state index >= 15 is 0 Å². The Hall–Kier alpha value is -1.80. The summed E-state index contributed by atoms with van der Waals surface area (Å²) in [6, 6.07) is 5.12. The monoisotopic (exact) mass is 348 g/mol. The number of nitro groups is 1. The summed E-state index contributed by atoms with van der Waals surface area (Å²) in [7, 11) is 0. The van der Waals surface area contributed by atoms with E-state index in [0.29, 0.717) is 0 Å². The highest BCUT2D eigenvalue weighted by atomic mass is 35.5. The summed E-state index contributed by atoms with van der Waals surface area (Å²) in [5.74, 6) is 5.57. The summed E-state index contributed by atoms with van der Waals surface area (Å²) in [6.45, 7) is 0. The standard InChI is InChI=1S/C11H7Cl3N4O3/c12-6-3-5(18(19)20)1-2-9(6)21-11-8(14)4-7(13)10(16-11)17-15/h1-4H,15H2,(H,16,17). The average Bonchev–Trinajstić information content (AvgIpc) is 2.43. The van der Waals surface area contributed by atoms with Crippen LogP contribution in [0.15, 0.2) is 24.3 Å². The lowest BCUT2D eigenvalue weighted by Crippen LogP contribution is -2.09. The van der Waals surface area contributed by atoms with Crippen LogP contribution in [0, 0.1) is 10.1 Å². The highest BCUT2D eigenvalue weighted by molar-refractivity contribution is 6.36. The maximum absolute atomic E-state index is 10.6. The minimum atomic E-state index is -0.570. The van der Waals surface area contributed by atoms with Crippen LogP contribution in [-0.2, 0) is 0 Å². The number of nitrogen functional groups attached to an aromatic ring is 1. The summed E-state index contributed by atoms with van der Waals surface area (Å²) in [4.78, 5) is 14.0. The van der Waals surface area contributed by atoms with E-state index in [-0.39, 0.29) is 38.2 Å². The van der Waals surface area contributed by atoms with E-state index < -0.39 is 4.92 Å². The number of hydrazine groups is 1. The average molecular weight is 350 g/mol. The van der Waals surface area contributed by atoms with E-state index in [2.05, 4.69) is 10.4 Å². The molecule has 1 heterocycles. The molecule has 0 saturated carbocycles. The van der Waals surface area contributed by atoms with Crippen LogP contribution in [0.4, 0.5) is 11.5 Å². The second kappa shape index (κ2) is 6.31. The number of non-ortho nitro benzene ring substituents is 1. The SMILES string of the molecule is NNc1nc(Oc2ccc([N+](=O)[O-])cc2Cl)c(Cl)cc1Cl. The van der Waals surface area contributed by atoms with Crippen LogP contribution < -0.4 is 16.0 Å². The summed E-state index contributed by atoms with van der Waals surface area (Å²) in [6.07, 6.45) is 0. The molecule has 7 nitrogen and oxygen atoms in total. The molecule has 0 saturated heterocycles. The summed E-state index contributed by atoms with van der Waals surface area (Å²) in [5, 5.41) is 11.0. The second-order valence-electron chi connectivity index (χ2n) is 3.72. The van der Waals surface area contributed by atoms with Crippen molar-refractivity contribution in [2.24, 2.45) is 5.84 Å². The molecule has 0 spiro atoms. The molecule has 1 aromatic heterocycles. The topological polar surface area (TPSA) is 103 Å². The van der Waals surface area contributed by atoms with E-state index in [9.17, 15) is 10.1 Å². The molecule has 1 aromatic carbocycles. The lowest BCUT2D eigenvalue weighted by Gasteiger charge is -2.10. The minimum Gasteiger partial charge on any atom is -0.436 e. The van der Waals surface area contributed by atoms with E-state index in [1.54, 1.807) is 0 Å². The Labute approximate surface area is 133 Å². The predicted octanol–water partition coefficient (Wildman–Crippen LogP) is 4.03. The van der Waals surface area contributed by atoms with Crippen molar-refractivity contribution in [1.82, 2.24) is 4.98 Å². The normalized spacial score (nSPS) is 10.3. The third kappa shape index (κ3) is 3.45. The van der Waals surface area contributed by atoms with Crippen molar-refractivity contribution in [3.63, 3.8) is 0 Å². The van der Waals surface area contributed by atoms with Gasteiger partial charge in [0.25, 0.3) is 5.69 Å². The third-order valence-electron chi connectivity index (χ3n) is 2.37. The van der Waals surface area contributed by atoms with Gasteiger partial charge in [0.1, 0.15) is 10.8 Å². The number of pyridine rings is 1. The number of nitro benzene ring substituents is 1. The van der Waals surface area contributed by atoms with Crippen LogP contribution in [0.25, 0.3) is 0 Å². The van der Waals surface area contributed by atoms with Gasteiger partial charge in [-0.3, -0.25) is 10.1 Å². The van der Waals surface area contributed by atoms with Crippen LogP contribution >= 0.6 is 34.8 Å². The number of benzene rings is 1. The number of rotatable bonds is 4. The van der Waals surface area contributed by atoms with E-state index in [0.717, 1.165) is 6.07 Å². The molecule has 0 atom stereocenters. The molecule has 0 bridgehead atoms. The highest BCUT2D eigenvalue weighted by Gasteiger charge is 2.15. The minimum absolute atomic E-state index is 0.00442. The van der Waals surface area contributed by atoms with Crippen LogP contribution in [0.3, 0.4) is 0 Å². The van der Waals surface area contributed by atoms with Gasteiger partial charge < -0.3 is 10.2 Å². The number of nitrogens with zero attached hydrogens (tertiary/aromatic N) is 2. The molecule has 110 valence electrons. The van der Waals surface area contributed by atoms with Gasteiger partial charge in [-0.2, -0.15) is 4.98 Å². The molecular weight excluding hydrogens is 343 g/mol. The Morgan fingerprint density at radius 1 is 1.19 bits per heavy atom. The molecule has 0 aliphatic carbocycles. The molecule has 0 unspecified atom stereocenters. The molecule has 10 heteroatoms. The molecule has 0 amide bonds. The number of hydrogen-bond acceptors (Lipinski definition) is 6. The molecular formula is C11H7Cl3N4O3. The largest absolute Gasteiger partial charge is 0.436 e. The van der Waals surface area contributed by atoms with Crippen molar-refractivity contribution in [1.29, 1.82) is 0 Å². The fourth-order valence-corrected chi connectivity index (χ4v) is 2.08. The zero-order valence-electron chi connectivity index (χ0n) is 10.1. The molecule has 2 aromatic rings. The van der Waals surface area contributed by atoms with Crippen molar-refractivity contribution in [3.05, 3.63) is 49.4 Å². The van der Waals surface area contributed by atoms with E-state index in [1.165, 1.54) is 18.2 Å². The van der Waals surface area contributed by atoms with Gasteiger partial charge in [-0.15, -0.1) is 0 Å². The molecule has 21 heavy (non-hydrogen) atoms. The number of nitrogens with one attached hydrogen (secondary N) is 1. The zero-order chi connectivity index (χ0) is 15.6. The van der Waals surface area contributed by atoms with Gasteiger partial charge in [0.05, 0.1) is 15.0 Å². The lowest BCUT2D eigenvalue weighted by atomic mass is 10.3. The number of hydrogen-bond donors (Lipinski definition) is 2. The number of halogens is 3. The van der Waals surface area contributed by atoms with Crippen molar-refractivity contribution >= 4 is 46.3 Å². The Morgan fingerprint density at radius 3 is 2.48 bits per heavy atom. The molecule has 2 rings (SSSR count). The van der Waals surface area contributed by atoms with Gasteiger partial charge in [-0.05, 0) is 12.1 Å². The molecule has 0 aliphatic heterocycles. The predicted molar refractivity (Wildman–Crippen MR) is 80.2 cm³/mol. The number of ether oxygens (including phenoxy) is 1. The first-order valence-corrected chi connectivity index (χ1v) is 6.50. The smallest absolute Gasteiger partial charge is 0.271 e. The quantitative estimate of drug-likeness (QED) is 0.491. The van der Waals surface area contributed by atoms with Crippen molar-refractivity contribution < 1.29 is 9.66 Å². The Balaban J connectivity index is 2.36. The Bertz CT molecular complexity index is 711. The summed E-state index contributed by atoms with van der Waals surface area (Å²) >= 11 is 17.7. The van der Waals surface area contributed by atoms with Crippen LogP contribution in [0.5, 0.6) is 11.6 Å². The van der Waals surface area contributed by atoms with E-state index in [4.69, 9.17) is 45.4 Å². The van der Waals surface area contributed by atoms with Gasteiger partial charge in [0.2, 0.25) is 5.88 Å². The fraction of sp³-hybridized carbons (Fsp3) is 0. The van der Waals surface area contributed by atoms with Gasteiger partial charge in [-0.25, -0.2) is 5.84 Å². The molecule has 0 aliphatic rings. The second-order valence-corrected chi connectivity index (χ2v) is 4.95. The first-order chi connectivity index (χ1) is 9.92. The molecule has 0 fully saturated rings. The maximum atomic E-state index is 10.6. The van der Waals surface area contributed by atoms with Gasteiger partial charge >= 0.3 is 0 Å². The lowest BCUT2D eigenvalue weighted by molar-refractivity contribution is -0.384. The van der Waals surface area contributed by atoms with Crippen LogP contribution in [0.1, 0.15) is 0 Å². The first kappa shape index (κ1) is 15.6. The highest BCUT2D eigenvalue weighted by Crippen LogP contribution is 2.36. The molecule has 0 radical (unpaired) electrons. The number of anilines is 1. The Morgan fingerprint density at radius 2 is 1.90 bits per heavy atom.